The largest absolute Gasteiger partial charge is 0.369 e. The highest BCUT2D eigenvalue weighted by Crippen LogP contribution is 2.20. The highest BCUT2D eigenvalue weighted by molar-refractivity contribution is 5.58. The summed E-state index contributed by atoms with van der Waals surface area (Å²) in [5, 5.41) is 6.73. The summed E-state index contributed by atoms with van der Waals surface area (Å²) in [6, 6.07) is 8.59. The topological polar surface area (TPSA) is 27.3 Å². The second kappa shape index (κ2) is 7.85. The number of hydrogen-bond acceptors (Lipinski definition) is 3. The SMILES string of the molecule is C=C(/C=C(C)\C(C)=C/C)Nc1ccc(N2CCNCC2)cc1. The average Bonchev–Trinajstić information content (AvgIpc) is 2.55. The molecule has 3 nitrogen and oxygen atoms in total. The Morgan fingerprint density at radius 2 is 1.77 bits per heavy atom. The van der Waals surface area contributed by atoms with E-state index in [0.29, 0.717) is 0 Å². The second-order valence-corrected chi connectivity index (χ2v) is 5.73. The van der Waals surface area contributed by atoms with E-state index in [1.807, 2.05) is 0 Å². The van der Waals surface area contributed by atoms with E-state index in [1.54, 1.807) is 0 Å². The van der Waals surface area contributed by atoms with Gasteiger partial charge in [0.2, 0.25) is 0 Å². The number of rotatable bonds is 5. The van der Waals surface area contributed by atoms with E-state index in [2.05, 4.69) is 79.3 Å². The summed E-state index contributed by atoms with van der Waals surface area (Å²) in [5.41, 5.74) is 5.78. The first-order valence-corrected chi connectivity index (χ1v) is 7.93. The molecule has 1 aromatic carbocycles. The molecule has 118 valence electrons. The van der Waals surface area contributed by atoms with Gasteiger partial charge in [-0.1, -0.05) is 18.2 Å². The Labute approximate surface area is 134 Å². The van der Waals surface area contributed by atoms with E-state index in [1.165, 1.54) is 16.8 Å². The number of nitrogens with one attached hydrogen (secondary N) is 2. The molecule has 1 fully saturated rings. The highest BCUT2D eigenvalue weighted by Gasteiger charge is 2.09. The van der Waals surface area contributed by atoms with Crippen LogP contribution in [0.25, 0.3) is 0 Å². The number of allylic oxidation sites excluding steroid dienone is 4. The van der Waals surface area contributed by atoms with Gasteiger partial charge in [0.15, 0.2) is 0 Å². The van der Waals surface area contributed by atoms with Gasteiger partial charge in [-0.15, -0.1) is 0 Å². The summed E-state index contributed by atoms with van der Waals surface area (Å²) in [6.45, 7) is 14.6. The van der Waals surface area contributed by atoms with Crippen molar-refractivity contribution in [2.45, 2.75) is 20.8 Å². The summed E-state index contributed by atoms with van der Waals surface area (Å²) in [7, 11) is 0. The van der Waals surface area contributed by atoms with Crippen molar-refractivity contribution in [2.24, 2.45) is 0 Å². The summed E-state index contributed by atoms with van der Waals surface area (Å²) in [6.07, 6.45) is 4.20. The van der Waals surface area contributed by atoms with Crippen LogP contribution in [0, 0.1) is 0 Å². The molecule has 1 heterocycles. The molecular weight excluding hydrogens is 270 g/mol. The third kappa shape index (κ3) is 4.50. The molecule has 1 aliphatic heterocycles. The first kappa shape index (κ1) is 16.4. The van der Waals surface area contributed by atoms with E-state index in [0.717, 1.165) is 37.6 Å². The number of anilines is 2. The summed E-state index contributed by atoms with van der Waals surface area (Å²) in [5.74, 6) is 0. The van der Waals surface area contributed by atoms with Gasteiger partial charge >= 0.3 is 0 Å². The van der Waals surface area contributed by atoms with Crippen molar-refractivity contribution >= 4 is 11.4 Å². The molecule has 2 rings (SSSR count). The minimum atomic E-state index is 0.911. The lowest BCUT2D eigenvalue weighted by Gasteiger charge is -2.29. The predicted octanol–water partition coefficient (Wildman–Crippen LogP) is 3.93. The Bertz CT molecular complexity index is 561. The van der Waals surface area contributed by atoms with E-state index >= 15 is 0 Å². The summed E-state index contributed by atoms with van der Waals surface area (Å²) < 4.78 is 0. The molecule has 22 heavy (non-hydrogen) atoms. The minimum Gasteiger partial charge on any atom is -0.369 e. The van der Waals surface area contributed by atoms with E-state index in [-0.39, 0.29) is 0 Å². The van der Waals surface area contributed by atoms with Crippen molar-refractivity contribution in [3.63, 3.8) is 0 Å². The predicted molar refractivity (Wildman–Crippen MR) is 97.5 cm³/mol. The van der Waals surface area contributed by atoms with Gasteiger partial charge in [0.1, 0.15) is 0 Å². The highest BCUT2D eigenvalue weighted by atomic mass is 15.2. The number of nitrogens with zero attached hydrogens (tertiary/aromatic N) is 1. The molecule has 0 radical (unpaired) electrons. The van der Waals surface area contributed by atoms with Gasteiger partial charge in [-0.2, -0.15) is 0 Å². The van der Waals surface area contributed by atoms with Crippen LogP contribution in [-0.4, -0.2) is 26.2 Å². The van der Waals surface area contributed by atoms with Crippen molar-refractivity contribution < 1.29 is 0 Å². The Morgan fingerprint density at radius 1 is 1.14 bits per heavy atom. The number of hydrogen-bond donors (Lipinski definition) is 2. The smallest absolute Gasteiger partial charge is 0.0385 e. The van der Waals surface area contributed by atoms with Gasteiger partial charge in [0.25, 0.3) is 0 Å². The Hall–Kier alpha value is -2.00. The Kier molecular flexibility index (Phi) is 5.84. The fourth-order valence-corrected chi connectivity index (χ4v) is 2.50. The fraction of sp³-hybridized carbons (Fsp3) is 0.368. The van der Waals surface area contributed by atoms with E-state index in [9.17, 15) is 0 Å². The fourth-order valence-electron chi connectivity index (χ4n) is 2.50. The zero-order valence-electron chi connectivity index (χ0n) is 13.9. The van der Waals surface area contributed by atoms with Gasteiger partial charge in [-0.05, 0) is 56.7 Å². The molecule has 0 saturated carbocycles. The minimum absolute atomic E-state index is 0.911. The monoisotopic (exact) mass is 297 g/mol. The lowest BCUT2D eigenvalue weighted by atomic mass is 10.1. The number of benzene rings is 1. The van der Waals surface area contributed by atoms with Crippen LogP contribution in [0.4, 0.5) is 11.4 Å². The maximum Gasteiger partial charge on any atom is 0.0385 e. The van der Waals surface area contributed by atoms with Gasteiger partial charge < -0.3 is 15.5 Å². The zero-order valence-corrected chi connectivity index (χ0v) is 13.9. The third-order valence-corrected chi connectivity index (χ3v) is 4.10. The van der Waals surface area contributed by atoms with Crippen LogP contribution >= 0.6 is 0 Å². The van der Waals surface area contributed by atoms with Crippen molar-refractivity contribution in [3.8, 4) is 0 Å². The van der Waals surface area contributed by atoms with Crippen LogP contribution < -0.4 is 15.5 Å². The lowest BCUT2D eigenvalue weighted by Crippen LogP contribution is -2.43. The van der Waals surface area contributed by atoms with Crippen molar-refractivity contribution in [1.82, 2.24) is 5.32 Å². The molecule has 0 unspecified atom stereocenters. The van der Waals surface area contributed by atoms with E-state index in [4.69, 9.17) is 0 Å². The van der Waals surface area contributed by atoms with Gasteiger partial charge in [-0.3, -0.25) is 0 Å². The molecule has 3 heteroatoms. The van der Waals surface area contributed by atoms with Crippen molar-refractivity contribution in [1.29, 1.82) is 0 Å². The maximum absolute atomic E-state index is 4.09. The molecular formula is C19H27N3. The van der Waals surface area contributed by atoms with Crippen LogP contribution in [0.3, 0.4) is 0 Å². The molecule has 2 N–H and O–H groups in total. The van der Waals surface area contributed by atoms with Gasteiger partial charge in [-0.25, -0.2) is 0 Å². The molecule has 0 aliphatic carbocycles. The molecule has 0 bridgehead atoms. The molecule has 0 spiro atoms. The van der Waals surface area contributed by atoms with E-state index < -0.39 is 0 Å². The zero-order chi connectivity index (χ0) is 15.9. The van der Waals surface area contributed by atoms with Gasteiger partial charge in [0.05, 0.1) is 0 Å². The second-order valence-electron chi connectivity index (χ2n) is 5.73. The molecule has 0 atom stereocenters. The molecule has 0 aromatic heterocycles. The van der Waals surface area contributed by atoms with Crippen LogP contribution in [0.2, 0.25) is 0 Å². The Balaban J connectivity index is 1.97. The molecule has 1 aliphatic rings. The first-order valence-electron chi connectivity index (χ1n) is 7.93. The van der Waals surface area contributed by atoms with Crippen LogP contribution in [0.5, 0.6) is 0 Å². The standard InChI is InChI=1S/C19H27N3/c1-5-15(2)16(3)14-17(4)21-18-6-8-19(9-7-18)22-12-10-20-11-13-22/h5-9,14,20-21H,4,10-13H2,1-3H3/b15-5-,16-14-. The molecule has 0 amide bonds. The first-order chi connectivity index (χ1) is 10.6. The quantitative estimate of drug-likeness (QED) is 0.806. The molecule has 1 aromatic rings. The third-order valence-electron chi connectivity index (χ3n) is 4.10. The van der Waals surface area contributed by atoms with Crippen LogP contribution in [0.15, 0.2) is 59.8 Å². The van der Waals surface area contributed by atoms with Gasteiger partial charge in [0, 0.05) is 43.3 Å². The Morgan fingerprint density at radius 3 is 2.36 bits per heavy atom. The average molecular weight is 297 g/mol. The number of piperazine rings is 1. The summed E-state index contributed by atoms with van der Waals surface area (Å²) >= 11 is 0. The summed E-state index contributed by atoms with van der Waals surface area (Å²) in [4.78, 5) is 2.41. The van der Waals surface area contributed by atoms with Crippen molar-refractivity contribution in [2.75, 3.05) is 36.4 Å². The molecule has 1 saturated heterocycles. The maximum atomic E-state index is 4.09. The van der Waals surface area contributed by atoms with Crippen LogP contribution in [0.1, 0.15) is 20.8 Å². The van der Waals surface area contributed by atoms with Crippen molar-refractivity contribution in [3.05, 3.63) is 59.8 Å². The van der Waals surface area contributed by atoms with Crippen LogP contribution in [-0.2, 0) is 0 Å². The normalized spacial score (nSPS) is 16.6. The lowest BCUT2D eigenvalue weighted by molar-refractivity contribution is 0.589.